The van der Waals surface area contributed by atoms with E-state index in [0.717, 1.165) is 6.07 Å². The molecule has 2 heterocycles. The Morgan fingerprint density at radius 3 is 2.52 bits per heavy atom. The highest BCUT2D eigenvalue weighted by molar-refractivity contribution is 6.32. The minimum absolute atomic E-state index is 0.00712. The van der Waals surface area contributed by atoms with Crippen molar-refractivity contribution in [1.82, 2.24) is 15.2 Å². The van der Waals surface area contributed by atoms with E-state index in [4.69, 9.17) is 11.6 Å². The van der Waals surface area contributed by atoms with Crippen molar-refractivity contribution in [3.05, 3.63) is 34.6 Å². The summed E-state index contributed by atoms with van der Waals surface area (Å²) in [5, 5.41) is 2.60. The SMILES string of the molecule is CC(=O)N1CCC(NC(=O)C=Cc2ncc(C(F)(F)F)cc2Cl)CC1. The molecular formula is C16H17ClF3N3O2. The van der Waals surface area contributed by atoms with Crippen molar-refractivity contribution in [1.29, 1.82) is 0 Å². The molecule has 1 aliphatic rings. The quantitative estimate of drug-likeness (QED) is 0.826. The van der Waals surface area contributed by atoms with Crippen LogP contribution in [0.1, 0.15) is 31.0 Å². The maximum absolute atomic E-state index is 12.5. The van der Waals surface area contributed by atoms with Crippen LogP contribution in [0.3, 0.4) is 0 Å². The summed E-state index contributed by atoms with van der Waals surface area (Å²) in [7, 11) is 0. The number of nitrogens with zero attached hydrogens (tertiary/aromatic N) is 2. The van der Waals surface area contributed by atoms with Crippen LogP contribution in [-0.4, -0.2) is 40.8 Å². The van der Waals surface area contributed by atoms with Gasteiger partial charge in [0, 0.05) is 38.3 Å². The van der Waals surface area contributed by atoms with Crippen molar-refractivity contribution in [2.75, 3.05) is 13.1 Å². The van der Waals surface area contributed by atoms with Gasteiger partial charge in [0.05, 0.1) is 16.3 Å². The fourth-order valence-electron chi connectivity index (χ4n) is 2.47. The maximum Gasteiger partial charge on any atom is 0.417 e. The fourth-order valence-corrected chi connectivity index (χ4v) is 2.70. The Kier molecular flexibility index (Phi) is 6.05. The smallest absolute Gasteiger partial charge is 0.350 e. The summed E-state index contributed by atoms with van der Waals surface area (Å²) in [5.41, 5.74) is -0.868. The summed E-state index contributed by atoms with van der Waals surface area (Å²) in [6.45, 7) is 2.66. The molecule has 1 aromatic rings. The predicted molar refractivity (Wildman–Crippen MR) is 86.7 cm³/mol. The molecule has 2 rings (SSSR count). The van der Waals surface area contributed by atoms with Gasteiger partial charge >= 0.3 is 6.18 Å². The van der Waals surface area contributed by atoms with Crippen LogP contribution in [0.2, 0.25) is 5.02 Å². The minimum atomic E-state index is -4.52. The van der Waals surface area contributed by atoms with Crippen LogP contribution in [-0.2, 0) is 15.8 Å². The molecular weight excluding hydrogens is 359 g/mol. The van der Waals surface area contributed by atoms with Crippen LogP contribution in [0.15, 0.2) is 18.3 Å². The number of likely N-dealkylation sites (tertiary alicyclic amines) is 1. The summed E-state index contributed by atoms with van der Waals surface area (Å²) in [6.07, 6.45) is -0.107. The molecule has 0 aromatic carbocycles. The minimum Gasteiger partial charge on any atom is -0.350 e. The van der Waals surface area contributed by atoms with Crippen molar-refractivity contribution in [3.8, 4) is 0 Å². The molecule has 25 heavy (non-hydrogen) atoms. The van der Waals surface area contributed by atoms with Crippen molar-refractivity contribution >= 4 is 29.5 Å². The molecule has 0 spiro atoms. The number of aromatic nitrogens is 1. The first-order valence-electron chi connectivity index (χ1n) is 7.63. The van der Waals surface area contributed by atoms with E-state index in [1.54, 1.807) is 4.90 Å². The second kappa shape index (κ2) is 7.86. The monoisotopic (exact) mass is 375 g/mol. The van der Waals surface area contributed by atoms with Gasteiger partial charge in [-0.3, -0.25) is 14.6 Å². The Morgan fingerprint density at radius 2 is 2.00 bits per heavy atom. The third-order valence-electron chi connectivity index (χ3n) is 3.88. The molecule has 2 amide bonds. The Balaban J connectivity index is 1.91. The molecule has 0 unspecified atom stereocenters. The number of hydrogen-bond donors (Lipinski definition) is 1. The van der Waals surface area contributed by atoms with Crippen molar-refractivity contribution in [2.24, 2.45) is 0 Å². The largest absolute Gasteiger partial charge is 0.417 e. The zero-order valence-electron chi connectivity index (χ0n) is 13.4. The van der Waals surface area contributed by atoms with Crippen LogP contribution in [0, 0.1) is 0 Å². The molecule has 0 bridgehead atoms. The Labute approximate surface area is 147 Å². The van der Waals surface area contributed by atoms with Crippen molar-refractivity contribution in [2.45, 2.75) is 32.0 Å². The van der Waals surface area contributed by atoms with Gasteiger partial charge in [-0.15, -0.1) is 0 Å². The van der Waals surface area contributed by atoms with E-state index in [1.165, 1.54) is 19.1 Å². The summed E-state index contributed by atoms with van der Waals surface area (Å²) in [6, 6.07) is 0.715. The van der Waals surface area contributed by atoms with Gasteiger partial charge < -0.3 is 10.2 Å². The number of nitrogens with one attached hydrogen (secondary N) is 1. The normalized spacial score (nSPS) is 16.3. The molecule has 1 aromatic heterocycles. The summed E-state index contributed by atoms with van der Waals surface area (Å²) in [4.78, 5) is 28.5. The van der Waals surface area contributed by atoms with Crippen LogP contribution in [0.4, 0.5) is 13.2 Å². The van der Waals surface area contributed by atoms with Gasteiger partial charge in [-0.25, -0.2) is 0 Å². The molecule has 0 radical (unpaired) electrons. The van der Waals surface area contributed by atoms with Gasteiger partial charge in [-0.05, 0) is 25.0 Å². The standard InChI is InChI=1S/C16H17ClF3N3O2/c1-10(24)23-6-4-12(5-7-23)22-15(25)3-2-14-13(17)8-11(9-21-14)16(18,19)20/h2-3,8-9,12H,4-7H2,1H3,(H,22,25). The zero-order valence-corrected chi connectivity index (χ0v) is 14.2. The van der Waals surface area contributed by atoms with E-state index < -0.39 is 11.7 Å². The highest BCUT2D eigenvalue weighted by Crippen LogP contribution is 2.31. The molecule has 136 valence electrons. The number of hydrogen-bond acceptors (Lipinski definition) is 3. The highest BCUT2D eigenvalue weighted by Gasteiger charge is 2.31. The first-order valence-corrected chi connectivity index (χ1v) is 8.01. The van der Waals surface area contributed by atoms with E-state index in [0.29, 0.717) is 32.1 Å². The van der Waals surface area contributed by atoms with E-state index in [-0.39, 0.29) is 28.6 Å². The first kappa shape index (κ1) is 19.2. The molecule has 0 atom stereocenters. The van der Waals surface area contributed by atoms with Crippen molar-refractivity contribution in [3.63, 3.8) is 0 Å². The lowest BCUT2D eigenvalue weighted by molar-refractivity contribution is -0.138. The number of carbonyl (C=O) groups is 2. The first-order chi connectivity index (χ1) is 11.7. The molecule has 0 aliphatic carbocycles. The number of alkyl halides is 3. The number of pyridine rings is 1. The molecule has 1 N–H and O–H groups in total. The molecule has 1 fully saturated rings. The predicted octanol–water partition coefficient (Wildman–Crippen LogP) is 2.89. The Hall–Kier alpha value is -2.09. The third kappa shape index (κ3) is 5.45. The summed E-state index contributed by atoms with van der Waals surface area (Å²) < 4.78 is 37.6. The van der Waals surface area contributed by atoms with Gasteiger partial charge in [0.2, 0.25) is 11.8 Å². The zero-order chi connectivity index (χ0) is 18.6. The Bertz CT molecular complexity index is 684. The van der Waals surface area contributed by atoms with Crippen LogP contribution in [0.5, 0.6) is 0 Å². The second-order valence-corrected chi connectivity index (χ2v) is 6.12. The van der Waals surface area contributed by atoms with Gasteiger partial charge in [-0.2, -0.15) is 13.2 Å². The van der Waals surface area contributed by atoms with Crippen LogP contribution in [0.25, 0.3) is 6.08 Å². The number of halogens is 4. The number of carbonyl (C=O) groups excluding carboxylic acids is 2. The van der Waals surface area contributed by atoms with Gasteiger partial charge in [0.25, 0.3) is 0 Å². The lowest BCUT2D eigenvalue weighted by Gasteiger charge is -2.31. The van der Waals surface area contributed by atoms with E-state index in [2.05, 4.69) is 10.3 Å². The lowest BCUT2D eigenvalue weighted by Crippen LogP contribution is -2.45. The van der Waals surface area contributed by atoms with Gasteiger partial charge in [0.1, 0.15) is 0 Å². The average molecular weight is 376 g/mol. The van der Waals surface area contributed by atoms with Crippen LogP contribution < -0.4 is 5.32 Å². The highest BCUT2D eigenvalue weighted by atomic mass is 35.5. The Morgan fingerprint density at radius 1 is 1.36 bits per heavy atom. The second-order valence-electron chi connectivity index (χ2n) is 5.71. The molecule has 9 heteroatoms. The van der Waals surface area contributed by atoms with E-state index in [9.17, 15) is 22.8 Å². The molecule has 0 saturated carbocycles. The van der Waals surface area contributed by atoms with Gasteiger partial charge in [0.15, 0.2) is 0 Å². The number of rotatable bonds is 3. The topological polar surface area (TPSA) is 62.3 Å². The average Bonchev–Trinajstić information content (AvgIpc) is 2.53. The summed E-state index contributed by atoms with van der Waals surface area (Å²) >= 11 is 5.77. The lowest BCUT2D eigenvalue weighted by atomic mass is 10.1. The van der Waals surface area contributed by atoms with E-state index >= 15 is 0 Å². The van der Waals surface area contributed by atoms with Gasteiger partial charge in [-0.1, -0.05) is 11.6 Å². The van der Waals surface area contributed by atoms with Crippen LogP contribution >= 0.6 is 11.6 Å². The molecule has 1 aliphatic heterocycles. The van der Waals surface area contributed by atoms with E-state index in [1.807, 2.05) is 0 Å². The molecule has 1 saturated heterocycles. The maximum atomic E-state index is 12.5. The number of amides is 2. The fraction of sp³-hybridized carbons (Fsp3) is 0.438. The molecule has 5 nitrogen and oxygen atoms in total. The third-order valence-corrected chi connectivity index (χ3v) is 4.18. The van der Waals surface area contributed by atoms with Crippen molar-refractivity contribution < 1.29 is 22.8 Å². The number of piperidine rings is 1. The summed E-state index contributed by atoms with van der Waals surface area (Å²) in [5.74, 6) is -0.383.